The van der Waals surface area contributed by atoms with E-state index < -0.39 is 60.2 Å². The van der Waals surface area contributed by atoms with E-state index in [0.29, 0.717) is 18.5 Å². The second-order valence-electron chi connectivity index (χ2n) is 8.96. The molecule has 0 aliphatic carbocycles. The largest absolute Gasteiger partial charge is 0.481 e. The van der Waals surface area contributed by atoms with Crippen molar-refractivity contribution in [3.05, 3.63) is 18.2 Å². The van der Waals surface area contributed by atoms with E-state index in [4.69, 9.17) is 10.8 Å². The van der Waals surface area contributed by atoms with E-state index in [1.165, 1.54) is 12.5 Å². The molecule has 0 radical (unpaired) electrons. The molecule has 1 aromatic rings. The molecule has 6 atom stereocenters. The predicted octanol–water partition coefficient (Wildman–Crippen LogP) is -0.224. The third-order valence-electron chi connectivity index (χ3n) is 6.23. The van der Waals surface area contributed by atoms with E-state index in [1.54, 1.807) is 20.8 Å². The Morgan fingerprint density at radius 1 is 0.944 bits per heavy atom. The fraction of sp³-hybridized carbons (Fsp3) is 0.652. The van der Waals surface area contributed by atoms with Crippen LogP contribution in [-0.4, -0.2) is 74.0 Å². The van der Waals surface area contributed by atoms with Crippen molar-refractivity contribution in [2.24, 2.45) is 17.6 Å². The van der Waals surface area contributed by atoms with Gasteiger partial charge in [-0.05, 0) is 18.3 Å². The van der Waals surface area contributed by atoms with Crippen molar-refractivity contribution in [1.29, 1.82) is 0 Å². The predicted molar refractivity (Wildman–Crippen MR) is 129 cm³/mol. The Hall–Kier alpha value is -3.48. The van der Waals surface area contributed by atoms with Crippen molar-refractivity contribution >= 4 is 29.7 Å². The first-order valence-corrected chi connectivity index (χ1v) is 12.0. The number of hydrogen-bond donors (Lipinski definition) is 7. The Kier molecular flexibility index (Phi) is 12.6. The van der Waals surface area contributed by atoms with Crippen molar-refractivity contribution in [3.63, 3.8) is 0 Å². The summed E-state index contributed by atoms with van der Waals surface area (Å²) in [6.45, 7) is 7.10. The van der Waals surface area contributed by atoms with E-state index in [2.05, 4.69) is 25.9 Å². The van der Waals surface area contributed by atoms with Crippen molar-refractivity contribution < 1.29 is 34.2 Å². The van der Waals surface area contributed by atoms with Gasteiger partial charge in [-0.2, -0.15) is 0 Å². The maximum absolute atomic E-state index is 13.1. The molecular weight excluding hydrogens is 472 g/mol. The molecule has 3 amide bonds. The SMILES string of the molecule is CCC(C)C(N)C(=O)NC(CCC(=O)O)C(=O)NC(Cc1cnc[nH]1)C(=O)NC(C(=O)O)C(C)CC. The molecule has 0 aliphatic heterocycles. The first kappa shape index (κ1) is 30.6. The molecule has 0 saturated carbocycles. The number of aromatic amines is 1. The molecule has 6 unspecified atom stereocenters. The minimum absolute atomic E-state index is 0.0452. The highest BCUT2D eigenvalue weighted by molar-refractivity contribution is 5.94. The van der Waals surface area contributed by atoms with Gasteiger partial charge >= 0.3 is 11.9 Å². The van der Waals surface area contributed by atoms with Gasteiger partial charge in [-0.1, -0.05) is 40.5 Å². The summed E-state index contributed by atoms with van der Waals surface area (Å²) in [5, 5.41) is 26.1. The molecule has 0 saturated heterocycles. The standard InChI is InChI=1S/C23H38N6O7/c1-5-12(3)18(24)22(34)27-15(7-8-17(30)31)20(32)28-16(9-14-10-25-11-26-14)21(33)29-19(23(35)36)13(4)6-2/h10-13,15-16,18-19H,5-9,24H2,1-4H3,(H,25,26)(H,27,34)(H,28,32)(H,29,33)(H,30,31)(H,35,36). The maximum atomic E-state index is 13.1. The van der Waals surface area contributed by atoms with Crippen molar-refractivity contribution in [3.8, 4) is 0 Å². The molecule has 8 N–H and O–H groups in total. The van der Waals surface area contributed by atoms with Gasteiger partial charge in [-0.3, -0.25) is 19.2 Å². The molecule has 0 fully saturated rings. The van der Waals surface area contributed by atoms with Gasteiger partial charge in [0.2, 0.25) is 17.7 Å². The number of nitrogens with zero attached hydrogens (tertiary/aromatic N) is 1. The Morgan fingerprint density at radius 2 is 1.53 bits per heavy atom. The number of imidazole rings is 1. The molecule has 0 aromatic carbocycles. The van der Waals surface area contributed by atoms with Gasteiger partial charge in [0, 0.05) is 24.7 Å². The monoisotopic (exact) mass is 510 g/mol. The molecular formula is C23H38N6O7. The number of carbonyl (C=O) groups excluding carboxylic acids is 3. The zero-order valence-corrected chi connectivity index (χ0v) is 21.1. The number of carbonyl (C=O) groups is 5. The maximum Gasteiger partial charge on any atom is 0.326 e. The van der Waals surface area contributed by atoms with Crippen LogP contribution in [0.3, 0.4) is 0 Å². The highest BCUT2D eigenvalue weighted by atomic mass is 16.4. The number of hydrogen-bond acceptors (Lipinski definition) is 7. The van der Waals surface area contributed by atoms with E-state index >= 15 is 0 Å². The fourth-order valence-corrected chi connectivity index (χ4v) is 3.35. The summed E-state index contributed by atoms with van der Waals surface area (Å²) in [7, 11) is 0. The zero-order valence-electron chi connectivity index (χ0n) is 21.1. The minimum atomic E-state index is -1.27. The van der Waals surface area contributed by atoms with Crippen LogP contribution in [0.2, 0.25) is 0 Å². The quantitative estimate of drug-likeness (QED) is 0.156. The molecule has 0 aliphatic rings. The summed E-state index contributed by atoms with van der Waals surface area (Å²) in [4.78, 5) is 68.3. The van der Waals surface area contributed by atoms with Crippen molar-refractivity contribution in [2.75, 3.05) is 0 Å². The molecule has 13 nitrogen and oxygen atoms in total. The smallest absolute Gasteiger partial charge is 0.326 e. The first-order chi connectivity index (χ1) is 16.9. The Balaban J connectivity index is 3.13. The molecule has 202 valence electrons. The number of nitrogens with two attached hydrogens (primary N) is 1. The van der Waals surface area contributed by atoms with Crippen molar-refractivity contribution in [1.82, 2.24) is 25.9 Å². The van der Waals surface area contributed by atoms with Gasteiger partial charge in [0.1, 0.15) is 18.1 Å². The summed E-state index contributed by atoms with van der Waals surface area (Å²) < 4.78 is 0. The fourth-order valence-electron chi connectivity index (χ4n) is 3.35. The Labute approximate surface area is 210 Å². The van der Waals surface area contributed by atoms with Crippen LogP contribution in [0.25, 0.3) is 0 Å². The van der Waals surface area contributed by atoms with E-state index in [-0.39, 0.29) is 24.7 Å². The van der Waals surface area contributed by atoms with Crippen molar-refractivity contribution in [2.45, 2.75) is 84.0 Å². The summed E-state index contributed by atoms with van der Waals surface area (Å²) in [5.41, 5.74) is 6.45. The van der Waals surface area contributed by atoms with E-state index in [1.807, 2.05) is 6.92 Å². The third-order valence-corrected chi connectivity index (χ3v) is 6.23. The van der Waals surface area contributed by atoms with Crippen LogP contribution in [0.1, 0.15) is 59.1 Å². The Bertz CT molecular complexity index is 892. The lowest BCUT2D eigenvalue weighted by Crippen LogP contribution is -2.58. The number of aliphatic carboxylic acids is 2. The Morgan fingerprint density at radius 3 is 2.03 bits per heavy atom. The molecule has 1 heterocycles. The molecule has 0 spiro atoms. The molecule has 36 heavy (non-hydrogen) atoms. The van der Waals surface area contributed by atoms with Crippen LogP contribution < -0.4 is 21.7 Å². The zero-order chi connectivity index (χ0) is 27.4. The van der Waals surface area contributed by atoms with E-state index in [9.17, 15) is 29.1 Å². The van der Waals surface area contributed by atoms with Crippen LogP contribution >= 0.6 is 0 Å². The van der Waals surface area contributed by atoms with Crippen LogP contribution in [-0.2, 0) is 30.4 Å². The summed E-state index contributed by atoms with van der Waals surface area (Å²) in [6.07, 6.45) is 3.26. The number of aromatic nitrogens is 2. The number of nitrogens with one attached hydrogen (secondary N) is 4. The third kappa shape index (κ3) is 9.64. The van der Waals surface area contributed by atoms with E-state index in [0.717, 1.165) is 0 Å². The topological polar surface area (TPSA) is 217 Å². The number of rotatable bonds is 16. The number of carboxylic acids is 2. The first-order valence-electron chi connectivity index (χ1n) is 12.0. The second kappa shape index (κ2) is 14.8. The molecule has 13 heteroatoms. The highest BCUT2D eigenvalue weighted by Gasteiger charge is 2.33. The summed E-state index contributed by atoms with van der Waals surface area (Å²) in [5.74, 6) is -5.10. The molecule has 1 rings (SSSR count). The number of amides is 3. The average molecular weight is 511 g/mol. The minimum Gasteiger partial charge on any atom is -0.481 e. The van der Waals surface area contributed by atoms with Gasteiger partial charge in [-0.25, -0.2) is 9.78 Å². The lowest BCUT2D eigenvalue weighted by atomic mass is 9.98. The molecule has 1 aromatic heterocycles. The van der Waals surface area contributed by atoms with Gasteiger partial charge < -0.3 is 36.9 Å². The summed E-state index contributed by atoms with van der Waals surface area (Å²) in [6, 6.07) is -4.59. The van der Waals surface area contributed by atoms with Gasteiger partial charge in [0.25, 0.3) is 0 Å². The summed E-state index contributed by atoms with van der Waals surface area (Å²) >= 11 is 0. The van der Waals surface area contributed by atoms with Gasteiger partial charge in [0.15, 0.2) is 0 Å². The van der Waals surface area contributed by atoms with Crippen LogP contribution in [0, 0.1) is 11.8 Å². The number of H-pyrrole nitrogens is 1. The van der Waals surface area contributed by atoms with Crippen LogP contribution in [0.5, 0.6) is 0 Å². The lowest BCUT2D eigenvalue weighted by molar-refractivity contribution is -0.143. The van der Waals surface area contributed by atoms with Crippen LogP contribution in [0.15, 0.2) is 12.5 Å². The van der Waals surface area contributed by atoms with Gasteiger partial charge in [0.05, 0.1) is 12.4 Å². The van der Waals surface area contributed by atoms with Crippen LogP contribution in [0.4, 0.5) is 0 Å². The van der Waals surface area contributed by atoms with Gasteiger partial charge in [-0.15, -0.1) is 0 Å². The second-order valence-corrected chi connectivity index (χ2v) is 8.96. The molecule has 0 bridgehead atoms. The lowest BCUT2D eigenvalue weighted by Gasteiger charge is -2.27. The highest BCUT2D eigenvalue weighted by Crippen LogP contribution is 2.10. The normalized spacial score (nSPS) is 16.0. The number of carboxylic acid groups (broad SMARTS) is 2. The average Bonchev–Trinajstić information content (AvgIpc) is 3.35.